The molecule has 0 aliphatic carbocycles. The van der Waals surface area contributed by atoms with Crippen molar-refractivity contribution in [2.75, 3.05) is 13.6 Å². The summed E-state index contributed by atoms with van der Waals surface area (Å²) in [7, 11) is 1.74. The minimum absolute atomic E-state index is 0.135. The molecule has 0 saturated heterocycles. The molecule has 126 valence electrons. The molecular formula is C16H21Cl2N3O2. The maximum atomic E-state index is 12.1. The second-order valence-electron chi connectivity index (χ2n) is 6.66. The first-order valence-electron chi connectivity index (χ1n) is 7.37. The van der Waals surface area contributed by atoms with Crippen molar-refractivity contribution in [1.82, 2.24) is 10.2 Å². The Bertz CT molecular complexity index is 626. The first-order valence-corrected chi connectivity index (χ1v) is 8.13. The van der Waals surface area contributed by atoms with Crippen LogP contribution in [-0.4, -0.2) is 41.9 Å². The maximum Gasteiger partial charge on any atom is 0.317 e. The monoisotopic (exact) mass is 357 g/mol. The summed E-state index contributed by atoms with van der Waals surface area (Å²) in [4.78, 5) is 19.1. The smallest absolute Gasteiger partial charge is 0.317 e. The van der Waals surface area contributed by atoms with Gasteiger partial charge in [0.25, 0.3) is 0 Å². The van der Waals surface area contributed by atoms with E-state index in [2.05, 4.69) is 10.5 Å². The number of likely N-dealkylation sites (N-methyl/N-ethyl adjacent to an activating group) is 1. The molecule has 2 amide bonds. The van der Waals surface area contributed by atoms with Crippen molar-refractivity contribution in [3.8, 4) is 0 Å². The van der Waals surface area contributed by atoms with Crippen LogP contribution in [0.3, 0.4) is 0 Å². The largest absolute Gasteiger partial charge is 0.390 e. The molecule has 23 heavy (non-hydrogen) atoms. The summed E-state index contributed by atoms with van der Waals surface area (Å²) in [5.41, 5.74) is 1.41. The number of benzene rings is 1. The lowest BCUT2D eigenvalue weighted by molar-refractivity contribution is 0.0649. The highest BCUT2D eigenvalue weighted by Gasteiger charge is 2.26. The van der Waals surface area contributed by atoms with Crippen molar-refractivity contribution >= 4 is 34.9 Å². The average Bonchev–Trinajstić information content (AvgIpc) is 2.88. The van der Waals surface area contributed by atoms with Crippen molar-refractivity contribution in [3.63, 3.8) is 0 Å². The molecule has 1 aliphatic rings. The number of amides is 2. The van der Waals surface area contributed by atoms with Crippen molar-refractivity contribution < 1.29 is 9.63 Å². The summed E-state index contributed by atoms with van der Waals surface area (Å²) in [5.74, 6) is 0. The van der Waals surface area contributed by atoms with Crippen LogP contribution in [0.4, 0.5) is 4.79 Å². The van der Waals surface area contributed by atoms with Crippen LogP contribution in [0.1, 0.15) is 32.8 Å². The Morgan fingerprint density at radius 2 is 2.09 bits per heavy atom. The Morgan fingerprint density at radius 3 is 2.70 bits per heavy atom. The number of nitrogens with zero attached hydrogens (tertiary/aromatic N) is 2. The SMILES string of the molecule is CN(CC1CC(c2ccc(Cl)c(Cl)c2)=NO1)C(=O)NC(C)(C)C. The minimum atomic E-state index is -0.274. The van der Waals surface area contributed by atoms with Crippen LogP contribution < -0.4 is 5.32 Å². The minimum Gasteiger partial charge on any atom is -0.390 e. The van der Waals surface area contributed by atoms with E-state index in [0.29, 0.717) is 23.0 Å². The van der Waals surface area contributed by atoms with E-state index in [-0.39, 0.29) is 17.7 Å². The molecule has 1 heterocycles. The van der Waals surface area contributed by atoms with Gasteiger partial charge in [-0.05, 0) is 32.9 Å². The molecule has 1 atom stereocenters. The van der Waals surface area contributed by atoms with Gasteiger partial charge in [0.05, 0.1) is 22.3 Å². The van der Waals surface area contributed by atoms with Crippen molar-refractivity contribution in [3.05, 3.63) is 33.8 Å². The van der Waals surface area contributed by atoms with Gasteiger partial charge in [-0.2, -0.15) is 0 Å². The Morgan fingerprint density at radius 1 is 1.39 bits per heavy atom. The lowest BCUT2D eigenvalue weighted by atomic mass is 10.0. The Kier molecular flexibility index (Phi) is 5.42. The summed E-state index contributed by atoms with van der Waals surface area (Å²) in [6.07, 6.45) is 0.445. The fourth-order valence-corrected chi connectivity index (χ4v) is 2.48. The lowest BCUT2D eigenvalue weighted by Gasteiger charge is -2.26. The Balaban J connectivity index is 1.91. The molecular weight excluding hydrogens is 337 g/mol. The van der Waals surface area contributed by atoms with Crippen LogP contribution in [0.15, 0.2) is 23.4 Å². The van der Waals surface area contributed by atoms with Gasteiger partial charge < -0.3 is 15.1 Å². The highest BCUT2D eigenvalue weighted by molar-refractivity contribution is 6.42. The lowest BCUT2D eigenvalue weighted by Crippen LogP contribution is -2.48. The van der Waals surface area contributed by atoms with Gasteiger partial charge in [0.15, 0.2) is 6.10 Å². The van der Waals surface area contributed by atoms with Gasteiger partial charge in [0.2, 0.25) is 0 Å². The number of carbonyl (C=O) groups excluding carboxylic acids is 1. The molecule has 1 N–H and O–H groups in total. The molecule has 0 bridgehead atoms. The summed E-state index contributed by atoms with van der Waals surface area (Å²) < 4.78 is 0. The zero-order valence-corrected chi connectivity index (χ0v) is 15.2. The quantitative estimate of drug-likeness (QED) is 0.890. The first-order chi connectivity index (χ1) is 10.7. The summed E-state index contributed by atoms with van der Waals surface area (Å²) >= 11 is 11.9. The van der Waals surface area contributed by atoms with Crippen LogP contribution in [0, 0.1) is 0 Å². The van der Waals surface area contributed by atoms with Crippen LogP contribution in [-0.2, 0) is 4.84 Å². The first kappa shape index (κ1) is 17.9. The molecule has 1 aliphatic heterocycles. The topological polar surface area (TPSA) is 53.9 Å². The van der Waals surface area contributed by atoms with Crippen LogP contribution in [0.25, 0.3) is 0 Å². The molecule has 7 heteroatoms. The van der Waals surface area contributed by atoms with E-state index in [4.69, 9.17) is 28.0 Å². The van der Waals surface area contributed by atoms with Gasteiger partial charge >= 0.3 is 6.03 Å². The van der Waals surface area contributed by atoms with Crippen molar-refractivity contribution in [2.24, 2.45) is 5.16 Å². The molecule has 0 fully saturated rings. The van der Waals surface area contributed by atoms with E-state index < -0.39 is 0 Å². The maximum absolute atomic E-state index is 12.1. The normalized spacial score (nSPS) is 17.5. The third-order valence-corrected chi connectivity index (χ3v) is 4.03. The summed E-state index contributed by atoms with van der Waals surface area (Å²) in [5, 5.41) is 8.00. The van der Waals surface area contributed by atoms with Gasteiger partial charge in [0.1, 0.15) is 0 Å². The number of urea groups is 1. The summed E-state index contributed by atoms with van der Waals surface area (Å²) in [6, 6.07) is 5.22. The second kappa shape index (κ2) is 6.97. The molecule has 1 aromatic carbocycles. The molecule has 0 spiro atoms. The molecule has 0 aromatic heterocycles. The van der Waals surface area contributed by atoms with E-state index in [9.17, 15) is 4.79 Å². The van der Waals surface area contributed by atoms with Crippen LogP contribution in [0.5, 0.6) is 0 Å². The molecule has 5 nitrogen and oxygen atoms in total. The van der Waals surface area contributed by atoms with Gasteiger partial charge in [-0.15, -0.1) is 0 Å². The zero-order valence-electron chi connectivity index (χ0n) is 13.7. The Hall–Kier alpha value is -1.46. The molecule has 1 unspecified atom stereocenters. The standard InChI is InChI=1S/C16H21Cl2N3O2/c1-16(2,3)19-15(22)21(4)9-11-8-14(20-23-11)10-5-6-12(17)13(18)7-10/h5-7,11H,8-9H2,1-4H3,(H,19,22). The van der Waals surface area contributed by atoms with Crippen molar-refractivity contribution in [2.45, 2.75) is 38.8 Å². The summed E-state index contributed by atoms with van der Waals surface area (Å²) in [6.45, 7) is 6.28. The van der Waals surface area contributed by atoms with E-state index in [1.807, 2.05) is 26.8 Å². The number of oxime groups is 1. The Labute approximate surface area is 146 Å². The van der Waals surface area contributed by atoms with Crippen LogP contribution in [0.2, 0.25) is 10.0 Å². The number of hydrogen-bond donors (Lipinski definition) is 1. The average molecular weight is 358 g/mol. The molecule has 2 rings (SSSR count). The van der Waals surface area contributed by atoms with Gasteiger partial charge in [-0.3, -0.25) is 0 Å². The number of nitrogens with one attached hydrogen (secondary N) is 1. The number of halogens is 2. The third-order valence-electron chi connectivity index (χ3n) is 3.29. The fraction of sp³-hybridized carbons (Fsp3) is 0.500. The van der Waals surface area contributed by atoms with Crippen molar-refractivity contribution in [1.29, 1.82) is 0 Å². The highest BCUT2D eigenvalue weighted by atomic mass is 35.5. The number of hydrogen-bond acceptors (Lipinski definition) is 3. The highest BCUT2D eigenvalue weighted by Crippen LogP contribution is 2.25. The second-order valence-corrected chi connectivity index (χ2v) is 7.47. The molecule has 0 radical (unpaired) electrons. The zero-order chi connectivity index (χ0) is 17.2. The third kappa shape index (κ3) is 5.01. The van der Waals surface area contributed by atoms with E-state index >= 15 is 0 Å². The number of rotatable bonds is 3. The molecule has 0 saturated carbocycles. The van der Waals surface area contributed by atoms with E-state index in [1.165, 1.54) is 0 Å². The molecule has 1 aromatic rings. The van der Waals surface area contributed by atoms with E-state index in [1.54, 1.807) is 24.1 Å². The van der Waals surface area contributed by atoms with Gasteiger partial charge in [-0.1, -0.05) is 34.4 Å². The number of carbonyl (C=O) groups is 1. The predicted molar refractivity (Wildman–Crippen MR) is 93.4 cm³/mol. The van der Waals surface area contributed by atoms with Gasteiger partial charge in [-0.25, -0.2) is 4.79 Å². The van der Waals surface area contributed by atoms with Crippen LogP contribution >= 0.6 is 23.2 Å². The van der Waals surface area contributed by atoms with Gasteiger partial charge in [0, 0.05) is 24.6 Å². The fourth-order valence-electron chi connectivity index (χ4n) is 2.18. The van der Waals surface area contributed by atoms with E-state index in [0.717, 1.165) is 11.3 Å². The predicted octanol–water partition coefficient (Wildman–Crippen LogP) is 3.93.